The number of fused-ring (bicyclic) bond motifs is 1. The largest absolute Gasteiger partial charge is 0.488 e. The van der Waals surface area contributed by atoms with Crippen LogP contribution in [0.5, 0.6) is 5.75 Å². The normalized spacial score (nSPS) is 25.2. The highest BCUT2D eigenvalue weighted by molar-refractivity contribution is 6.08. The lowest BCUT2D eigenvalue weighted by molar-refractivity contribution is -0.148. The Labute approximate surface area is 173 Å². The fraction of sp³-hybridized carbons (Fsp3) is 0.429. The van der Waals surface area contributed by atoms with Gasteiger partial charge in [-0.05, 0) is 43.7 Å². The van der Waals surface area contributed by atoms with Crippen LogP contribution in [0.4, 0.5) is 4.79 Å². The number of para-hydroxylation sites is 1. The number of carbonyl (C=O) groups is 4. The maximum Gasteiger partial charge on any atom is 0.344 e. The molecule has 0 unspecified atom stereocenters. The molecule has 9 heteroatoms. The molecule has 0 aromatic heterocycles. The van der Waals surface area contributed by atoms with E-state index in [1.54, 1.807) is 18.2 Å². The quantitative estimate of drug-likeness (QED) is 0.572. The maximum atomic E-state index is 12.7. The summed E-state index contributed by atoms with van der Waals surface area (Å²) in [5, 5.41) is 3.40. The number of ether oxygens (including phenoxy) is 2. The van der Waals surface area contributed by atoms with Crippen molar-refractivity contribution in [2.24, 2.45) is 5.92 Å². The third-order valence-electron chi connectivity index (χ3n) is 5.75. The first-order valence-electron chi connectivity index (χ1n) is 9.94. The van der Waals surface area contributed by atoms with E-state index in [4.69, 9.17) is 9.47 Å². The number of carbonyl (C=O) groups excluding carboxylic acids is 4. The number of esters is 1. The third kappa shape index (κ3) is 3.74. The molecule has 0 atom stereocenters. The minimum atomic E-state index is -0.953. The number of hydrazine groups is 1. The number of nitrogens with zero attached hydrogens (tertiary/aromatic N) is 1. The third-order valence-corrected chi connectivity index (χ3v) is 5.75. The Kier molecular flexibility index (Phi) is 5.19. The van der Waals surface area contributed by atoms with Crippen LogP contribution in [0.25, 0.3) is 6.08 Å². The molecule has 30 heavy (non-hydrogen) atoms. The first kappa shape index (κ1) is 19.9. The Bertz CT molecular complexity index is 932. The van der Waals surface area contributed by atoms with Gasteiger partial charge in [-0.25, -0.2) is 9.59 Å². The minimum absolute atomic E-state index is 0.0332. The number of urea groups is 1. The Hall–Kier alpha value is -3.36. The molecule has 1 aromatic carbocycles. The predicted molar refractivity (Wildman–Crippen MR) is 105 cm³/mol. The zero-order valence-electron chi connectivity index (χ0n) is 16.6. The molecular formula is C21H23N3O6. The molecule has 4 amide bonds. The second kappa shape index (κ2) is 7.81. The smallest absolute Gasteiger partial charge is 0.344 e. The molecule has 3 aliphatic rings. The van der Waals surface area contributed by atoms with Crippen LogP contribution in [0.2, 0.25) is 0 Å². The van der Waals surface area contributed by atoms with Crippen molar-refractivity contribution in [1.29, 1.82) is 0 Å². The van der Waals surface area contributed by atoms with Gasteiger partial charge in [-0.1, -0.05) is 25.1 Å². The van der Waals surface area contributed by atoms with Gasteiger partial charge >= 0.3 is 12.0 Å². The van der Waals surface area contributed by atoms with Crippen LogP contribution in [-0.2, 0) is 19.1 Å². The van der Waals surface area contributed by atoms with Crippen molar-refractivity contribution >= 4 is 29.9 Å². The zero-order valence-corrected chi connectivity index (χ0v) is 16.6. The van der Waals surface area contributed by atoms with Gasteiger partial charge in [-0.15, -0.1) is 0 Å². The molecule has 0 radical (unpaired) electrons. The van der Waals surface area contributed by atoms with Crippen LogP contribution in [0.1, 0.15) is 38.2 Å². The summed E-state index contributed by atoms with van der Waals surface area (Å²) in [7, 11) is 0. The first-order valence-corrected chi connectivity index (χ1v) is 9.94. The summed E-state index contributed by atoms with van der Waals surface area (Å²) in [5.74, 6) is -0.788. The lowest BCUT2D eigenvalue weighted by Gasteiger charge is -2.33. The van der Waals surface area contributed by atoms with Crippen LogP contribution in [0, 0.1) is 5.92 Å². The predicted octanol–water partition coefficient (Wildman–Crippen LogP) is 1.54. The molecule has 2 aliphatic heterocycles. The molecule has 4 rings (SSSR count). The van der Waals surface area contributed by atoms with E-state index in [0.29, 0.717) is 29.5 Å². The minimum Gasteiger partial charge on any atom is -0.488 e. The molecule has 2 fully saturated rings. The van der Waals surface area contributed by atoms with Crippen molar-refractivity contribution in [2.75, 3.05) is 13.2 Å². The molecule has 2 heterocycles. The van der Waals surface area contributed by atoms with Gasteiger partial charge in [0, 0.05) is 5.56 Å². The average molecular weight is 413 g/mol. The molecule has 158 valence electrons. The van der Waals surface area contributed by atoms with Crippen molar-refractivity contribution in [3.63, 3.8) is 0 Å². The molecule has 1 spiro atoms. The van der Waals surface area contributed by atoms with Gasteiger partial charge in [-0.3, -0.25) is 15.0 Å². The van der Waals surface area contributed by atoms with E-state index in [0.717, 1.165) is 18.4 Å². The number of imide groups is 1. The first-order chi connectivity index (χ1) is 14.4. The summed E-state index contributed by atoms with van der Waals surface area (Å²) in [6.45, 7) is 1.51. The lowest BCUT2D eigenvalue weighted by Crippen LogP contribution is -2.52. The average Bonchev–Trinajstić information content (AvgIpc) is 2.98. The van der Waals surface area contributed by atoms with Crippen LogP contribution in [0.15, 0.2) is 29.8 Å². The van der Waals surface area contributed by atoms with Gasteiger partial charge in [0.05, 0.1) is 5.57 Å². The molecule has 2 N–H and O–H groups in total. The van der Waals surface area contributed by atoms with Crippen LogP contribution >= 0.6 is 0 Å². The highest BCUT2D eigenvalue weighted by atomic mass is 16.5. The highest BCUT2D eigenvalue weighted by Crippen LogP contribution is 2.35. The van der Waals surface area contributed by atoms with Crippen LogP contribution in [-0.4, -0.2) is 47.6 Å². The van der Waals surface area contributed by atoms with Gasteiger partial charge < -0.3 is 14.8 Å². The van der Waals surface area contributed by atoms with E-state index >= 15 is 0 Å². The summed E-state index contributed by atoms with van der Waals surface area (Å²) in [6, 6.07) is 6.56. The maximum absolute atomic E-state index is 12.7. The fourth-order valence-electron chi connectivity index (χ4n) is 3.93. The van der Waals surface area contributed by atoms with Crippen LogP contribution in [0.3, 0.4) is 0 Å². The SMILES string of the molecule is CC1CCC2(CC1)NC(=O)N(NC(=O)COC(=O)C1=Cc3ccccc3OC1)C2=O. The Morgan fingerprint density at radius 1 is 1.27 bits per heavy atom. The Balaban J connectivity index is 1.32. The van der Waals surface area contributed by atoms with Crippen LogP contribution < -0.4 is 15.5 Å². The van der Waals surface area contributed by atoms with E-state index in [9.17, 15) is 19.2 Å². The second-order valence-corrected chi connectivity index (χ2v) is 7.94. The second-order valence-electron chi connectivity index (χ2n) is 7.94. The van der Waals surface area contributed by atoms with E-state index < -0.39 is 36.0 Å². The number of hydrogen-bond donors (Lipinski definition) is 2. The zero-order chi connectivity index (χ0) is 21.3. The van der Waals surface area contributed by atoms with Crippen molar-refractivity contribution in [1.82, 2.24) is 15.8 Å². The number of benzene rings is 1. The topological polar surface area (TPSA) is 114 Å². The van der Waals surface area contributed by atoms with Gasteiger partial charge in [0.2, 0.25) is 0 Å². The standard InChI is InChI=1S/C21H23N3O6/c1-13-6-8-21(9-7-13)19(27)24(20(28)22-21)23-17(25)12-30-18(26)15-10-14-4-2-3-5-16(14)29-11-15/h2-5,10,13H,6-9,11-12H2,1H3,(H,22,28)(H,23,25). The Morgan fingerprint density at radius 3 is 2.77 bits per heavy atom. The Morgan fingerprint density at radius 2 is 2.00 bits per heavy atom. The van der Waals surface area contributed by atoms with E-state index in [1.165, 1.54) is 0 Å². The molecular weight excluding hydrogens is 390 g/mol. The summed E-state index contributed by atoms with van der Waals surface area (Å²) in [6.07, 6.45) is 4.37. The monoisotopic (exact) mass is 413 g/mol. The molecule has 1 aliphatic carbocycles. The molecule has 1 aromatic rings. The molecule has 9 nitrogen and oxygen atoms in total. The number of amides is 4. The van der Waals surface area contributed by atoms with E-state index in [-0.39, 0.29) is 12.2 Å². The summed E-state index contributed by atoms with van der Waals surface area (Å²) in [4.78, 5) is 49.4. The number of hydrogen-bond acceptors (Lipinski definition) is 6. The fourth-order valence-corrected chi connectivity index (χ4v) is 3.93. The van der Waals surface area contributed by atoms with Gasteiger partial charge in [-0.2, -0.15) is 5.01 Å². The number of nitrogens with one attached hydrogen (secondary N) is 2. The molecule has 1 saturated heterocycles. The summed E-state index contributed by atoms with van der Waals surface area (Å²) >= 11 is 0. The summed E-state index contributed by atoms with van der Waals surface area (Å²) < 4.78 is 10.5. The van der Waals surface area contributed by atoms with Gasteiger partial charge in [0.25, 0.3) is 11.8 Å². The molecule has 0 bridgehead atoms. The highest BCUT2D eigenvalue weighted by Gasteiger charge is 2.52. The van der Waals surface area contributed by atoms with E-state index in [2.05, 4.69) is 17.7 Å². The van der Waals surface area contributed by atoms with Gasteiger partial charge in [0.15, 0.2) is 6.61 Å². The van der Waals surface area contributed by atoms with Gasteiger partial charge in [0.1, 0.15) is 17.9 Å². The van der Waals surface area contributed by atoms with E-state index in [1.807, 2.05) is 12.1 Å². The van der Waals surface area contributed by atoms with Crippen molar-refractivity contribution in [3.8, 4) is 5.75 Å². The summed E-state index contributed by atoms with van der Waals surface area (Å²) in [5.41, 5.74) is 2.30. The van der Waals surface area contributed by atoms with Crippen molar-refractivity contribution < 1.29 is 28.7 Å². The molecule has 1 saturated carbocycles. The lowest BCUT2D eigenvalue weighted by atomic mass is 9.77. The van der Waals surface area contributed by atoms with Crippen molar-refractivity contribution in [2.45, 2.75) is 38.1 Å². The number of rotatable bonds is 4. The van der Waals surface area contributed by atoms with Crippen molar-refractivity contribution in [3.05, 3.63) is 35.4 Å².